The molecule has 10 heteroatoms. The molecule has 0 atom stereocenters. The van der Waals surface area contributed by atoms with Gasteiger partial charge in [-0.1, -0.05) is 35.4 Å². The molecule has 0 saturated heterocycles. The van der Waals surface area contributed by atoms with Crippen molar-refractivity contribution in [1.82, 2.24) is 0 Å². The maximum atomic E-state index is 13.2. The smallest absolute Gasteiger partial charge is 0.453 e. The van der Waals surface area contributed by atoms with Gasteiger partial charge in [0.2, 0.25) is 0 Å². The van der Waals surface area contributed by atoms with Gasteiger partial charge in [0.15, 0.2) is 5.41 Å². The first-order chi connectivity index (χ1) is 12.5. The van der Waals surface area contributed by atoms with Crippen LogP contribution < -0.4 is 0 Å². The van der Waals surface area contributed by atoms with E-state index in [1.165, 1.54) is 13.8 Å². The van der Waals surface area contributed by atoms with Crippen molar-refractivity contribution in [2.75, 3.05) is 17.6 Å². The van der Waals surface area contributed by atoms with Crippen LogP contribution in [-0.2, 0) is 19.1 Å². The van der Waals surface area contributed by atoms with Gasteiger partial charge in [-0.25, -0.2) is 0 Å². The number of halogens is 6. The number of carbonyl (C=O) groups excluding carboxylic acids is 2. The summed E-state index contributed by atoms with van der Waals surface area (Å²) in [4.78, 5) is 24.9. The third-order valence-electron chi connectivity index (χ3n) is 4.08. The van der Waals surface area contributed by atoms with Gasteiger partial charge < -0.3 is 9.47 Å². The molecule has 27 heavy (non-hydrogen) atoms. The zero-order valence-electron chi connectivity index (χ0n) is 15.5. The predicted molar refractivity (Wildman–Crippen MR) is 97.9 cm³/mol. The lowest BCUT2D eigenvalue weighted by atomic mass is 9.77. The zero-order valence-corrected chi connectivity index (χ0v) is 17.6. The van der Waals surface area contributed by atoms with Gasteiger partial charge in [-0.05, 0) is 44.0 Å². The van der Waals surface area contributed by atoms with Crippen LogP contribution in [0, 0.1) is 5.41 Å². The molecule has 0 rings (SSSR count). The summed E-state index contributed by atoms with van der Waals surface area (Å²) < 4.78 is 74.2. The van der Waals surface area contributed by atoms with Gasteiger partial charge >= 0.3 is 24.0 Å². The second kappa shape index (κ2) is 12.0. The number of carbonyl (C=O) groups is 2. The molecule has 0 fully saturated rings. The van der Waals surface area contributed by atoms with Crippen molar-refractivity contribution in [2.45, 2.75) is 70.9 Å². The van der Waals surface area contributed by atoms with Gasteiger partial charge in [-0.2, -0.15) is 22.0 Å². The van der Waals surface area contributed by atoms with Gasteiger partial charge in [0.25, 0.3) is 0 Å². The predicted octanol–water partition coefficient (Wildman–Crippen LogP) is 5.46. The molecule has 0 unspecified atom stereocenters. The summed E-state index contributed by atoms with van der Waals surface area (Å²) in [5, 5.41) is 0. The molecule has 0 heterocycles. The molecule has 0 aromatic carbocycles. The Balaban J connectivity index is 5.43. The van der Waals surface area contributed by atoms with Gasteiger partial charge in [-0.3, -0.25) is 9.59 Å². The van der Waals surface area contributed by atoms with Gasteiger partial charge in [0, 0.05) is 6.42 Å². The fourth-order valence-corrected chi connectivity index (χ4v) is 3.15. The van der Waals surface area contributed by atoms with E-state index in [2.05, 4.69) is 22.6 Å². The quantitative estimate of drug-likeness (QED) is 0.0815. The molecule has 4 nitrogen and oxygen atoms in total. The van der Waals surface area contributed by atoms with Crippen LogP contribution in [0.15, 0.2) is 0 Å². The summed E-state index contributed by atoms with van der Waals surface area (Å²) in [5.74, 6) is -6.76. The Morgan fingerprint density at radius 3 is 1.67 bits per heavy atom. The molecule has 0 radical (unpaired) electrons. The van der Waals surface area contributed by atoms with Crippen molar-refractivity contribution in [3.05, 3.63) is 0 Å². The van der Waals surface area contributed by atoms with E-state index >= 15 is 0 Å². The van der Waals surface area contributed by atoms with E-state index in [-0.39, 0.29) is 19.6 Å². The minimum Gasteiger partial charge on any atom is -0.465 e. The van der Waals surface area contributed by atoms with Gasteiger partial charge in [-0.15, -0.1) is 0 Å². The minimum absolute atomic E-state index is 0.0150. The molecule has 0 spiro atoms. The number of unbranched alkanes of at least 4 members (excludes halogenated alkanes) is 2. The molecule has 0 aliphatic heterocycles. The van der Waals surface area contributed by atoms with Crippen molar-refractivity contribution in [3.63, 3.8) is 0 Å². The minimum atomic E-state index is -5.68. The maximum Gasteiger partial charge on any atom is 0.453 e. The lowest BCUT2D eigenvalue weighted by Gasteiger charge is -2.30. The van der Waals surface area contributed by atoms with E-state index in [0.717, 1.165) is 10.8 Å². The lowest BCUT2D eigenvalue weighted by Crippen LogP contribution is -2.43. The number of ether oxygens (including phenoxy) is 2. The molecule has 0 aromatic heterocycles. The number of rotatable bonds is 13. The molecule has 160 valence electrons. The summed E-state index contributed by atoms with van der Waals surface area (Å²) in [5.41, 5.74) is -1.86. The van der Waals surface area contributed by atoms with E-state index in [4.69, 9.17) is 9.47 Å². The summed E-state index contributed by atoms with van der Waals surface area (Å²) >= 11 is 2.17. The van der Waals surface area contributed by atoms with Crippen LogP contribution in [0.25, 0.3) is 0 Å². The summed E-state index contributed by atoms with van der Waals surface area (Å²) in [6.45, 7) is 2.93. The Kier molecular flexibility index (Phi) is 11.7. The topological polar surface area (TPSA) is 52.6 Å². The van der Waals surface area contributed by atoms with Crippen LogP contribution in [0.4, 0.5) is 22.0 Å². The monoisotopic (exact) mass is 516 g/mol. The Hall–Kier alpha value is -0.680. The number of esters is 2. The van der Waals surface area contributed by atoms with Crippen LogP contribution in [0.5, 0.6) is 0 Å². The van der Waals surface area contributed by atoms with E-state index in [1.54, 1.807) is 0 Å². The molecule has 0 aliphatic rings. The molecule has 0 saturated carbocycles. The highest BCUT2D eigenvalue weighted by Crippen LogP contribution is 2.42. The fraction of sp³-hybridized carbons (Fsp3) is 0.882. The highest BCUT2D eigenvalue weighted by atomic mass is 127. The molecular weight excluding hydrogens is 490 g/mol. The van der Waals surface area contributed by atoms with E-state index in [0.29, 0.717) is 12.8 Å². The Morgan fingerprint density at radius 1 is 0.778 bits per heavy atom. The standard InChI is InChI=1S/C17H26F5IO4/c1-3-26-13(24)15(14(25)27-4-2,9-6-5-7-12-23)10-8-11-16(18,19)17(20,21)22/h3-12H2,1-2H3. The van der Waals surface area contributed by atoms with Crippen LogP contribution >= 0.6 is 22.6 Å². The maximum absolute atomic E-state index is 13.2. The van der Waals surface area contributed by atoms with Crippen molar-refractivity contribution in [2.24, 2.45) is 5.41 Å². The normalized spacial score (nSPS) is 12.7. The molecule has 0 amide bonds. The summed E-state index contributed by atoms with van der Waals surface area (Å²) in [6.07, 6.45) is -6.42. The first-order valence-corrected chi connectivity index (χ1v) is 10.4. The third kappa shape index (κ3) is 8.06. The first kappa shape index (κ1) is 26.3. The fourth-order valence-electron chi connectivity index (χ4n) is 2.61. The Bertz CT molecular complexity index is 451. The summed E-state index contributed by atoms with van der Waals surface area (Å²) in [7, 11) is 0. The Labute approximate surface area is 169 Å². The number of hydrogen-bond acceptors (Lipinski definition) is 4. The molecule has 0 aliphatic carbocycles. The average molecular weight is 516 g/mol. The zero-order chi connectivity index (χ0) is 21.1. The van der Waals surface area contributed by atoms with Crippen molar-refractivity contribution < 1.29 is 41.0 Å². The largest absolute Gasteiger partial charge is 0.465 e. The lowest BCUT2D eigenvalue weighted by molar-refractivity contribution is -0.284. The van der Waals surface area contributed by atoms with Crippen LogP contribution in [0.2, 0.25) is 0 Å². The average Bonchev–Trinajstić information content (AvgIpc) is 2.56. The van der Waals surface area contributed by atoms with Gasteiger partial charge in [0.05, 0.1) is 13.2 Å². The Morgan fingerprint density at radius 2 is 1.26 bits per heavy atom. The summed E-state index contributed by atoms with van der Waals surface area (Å²) in [6, 6.07) is 0. The van der Waals surface area contributed by atoms with E-state index in [1.807, 2.05) is 0 Å². The van der Waals surface area contributed by atoms with Crippen LogP contribution in [0.3, 0.4) is 0 Å². The van der Waals surface area contributed by atoms with E-state index in [9.17, 15) is 31.5 Å². The highest BCUT2D eigenvalue weighted by molar-refractivity contribution is 14.1. The first-order valence-electron chi connectivity index (χ1n) is 8.83. The molecule has 0 aromatic rings. The van der Waals surface area contributed by atoms with Crippen molar-refractivity contribution in [3.8, 4) is 0 Å². The molecular formula is C17H26F5IO4. The number of hydrogen-bond donors (Lipinski definition) is 0. The highest BCUT2D eigenvalue weighted by Gasteiger charge is 2.57. The molecule has 0 N–H and O–H groups in total. The third-order valence-corrected chi connectivity index (χ3v) is 4.84. The van der Waals surface area contributed by atoms with Crippen molar-refractivity contribution in [1.29, 1.82) is 0 Å². The second-order valence-electron chi connectivity index (χ2n) is 6.08. The second-order valence-corrected chi connectivity index (χ2v) is 7.16. The van der Waals surface area contributed by atoms with Crippen LogP contribution in [-0.4, -0.2) is 41.7 Å². The van der Waals surface area contributed by atoms with Gasteiger partial charge in [0.1, 0.15) is 0 Å². The van der Waals surface area contributed by atoms with Crippen molar-refractivity contribution >= 4 is 34.5 Å². The molecule has 0 bridgehead atoms. The SMILES string of the molecule is CCOC(=O)C(CCCCCI)(CCCC(F)(F)C(F)(F)F)C(=O)OCC. The van der Waals surface area contributed by atoms with Crippen LogP contribution in [0.1, 0.15) is 58.8 Å². The number of alkyl halides is 6. The van der Waals surface area contributed by atoms with E-state index < -0.39 is 48.7 Å².